The summed E-state index contributed by atoms with van der Waals surface area (Å²) < 4.78 is 36.4. The van der Waals surface area contributed by atoms with Crippen molar-refractivity contribution in [1.82, 2.24) is 0 Å². The quantitative estimate of drug-likeness (QED) is 0.792. The molecule has 0 unspecified atom stereocenters. The highest BCUT2D eigenvalue weighted by atomic mass is 32.1. The zero-order valence-electron chi connectivity index (χ0n) is 6.69. The first-order chi connectivity index (χ1) is 5.95. The van der Waals surface area contributed by atoms with Crippen LogP contribution in [0.5, 0.6) is 0 Å². The maximum absolute atomic E-state index is 12.1. The summed E-state index contributed by atoms with van der Waals surface area (Å²) in [5.74, 6) is 0. The van der Waals surface area contributed by atoms with E-state index >= 15 is 0 Å². The van der Waals surface area contributed by atoms with Crippen molar-refractivity contribution in [1.29, 1.82) is 0 Å². The Morgan fingerprint density at radius 1 is 1.46 bits per heavy atom. The van der Waals surface area contributed by atoms with Gasteiger partial charge in [-0.05, 0) is 17.7 Å². The van der Waals surface area contributed by atoms with Crippen LogP contribution < -0.4 is 5.73 Å². The Kier molecular flexibility index (Phi) is 2.77. The number of hydrogen-bond donors (Lipinski definition) is 1. The fraction of sp³-hybridized carbons (Fsp3) is 0.250. The molecule has 1 aromatic heterocycles. The topological polar surface area (TPSA) is 26.0 Å². The lowest BCUT2D eigenvalue weighted by atomic mass is 10.2. The van der Waals surface area contributed by atoms with Gasteiger partial charge in [-0.25, -0.2) is 0 Å². The summed E-state index contributed by atoms with van der Waals surface area (Å²) in [5, 5.41) is 0. The number of nitrogens with two attached hydrogens (primary N) is 1. The molecule has 0 saturated carbocycles. The Hall–Kier alpha value is -0.810. The Bertz CT molecular complexity index is 313. The van der Waals surface area contributed by atoms with Crippen LogP contribution in [0.1, 0.15) is 9.75 Å². The largest absolute Gasteiger partial charge is 0.425 e. The number of thiophene rings is 1. The summed E-state index contributed by atoms with van der Waals surface area (Å²) in [5.41, 5.74) is 5.78. The van der Waals surface area contributed by atoms with Gasteiger partial charge in [0.15, 0.2) is 0 Å². The Labute approximate surface area is 77.7 Å². The maximum atomic E-state index is 12.1. The second-order valence-electron chi connectivity index (χ2n) is 2.47. The molecular formula is C8H8F3NS. The highest BCUT2D eigenvalue weighted by molar-refractivity contribution is 7.13. The van der Waals surface area contributed by atoms with Crippen molar-refractivity contribution in [3.8, 4) is 0 Å². The molecule has 0 amide bonds. The van der Waals surface area contributed by atoms with Crippen LogP contribution in [-0.2, 0) is 6.18 Å². The molecule has 0 bridgehead atoms. The minimum atomic E-state index is -4.27. The molecule has 1 aromatic rings. The second-order valence-corrected chi connectivity index (χ2v) is 3.55. The van der Waals surface area contributed by atoms with Gasteiger partial charge in [0.1, 0.15) is 4.88 Å². The van der Waals surface area contributed by atoms with Gasteiger partial charge in [-0.15, -0.1) is 11.3 Å². The number of rotatable bonds is 2. The molecule has 72 valence electrons. The van der Waals surface area contributed by atoms with Crippen molar-refractivity contribution < 1.29 is 13.2 Å². The van der Waals surface area contributed by atoms with Gasteiger partial charge in [-0.3, -0.25) is 0 Å². The monoisotopic (exact) mass is 207 g/mol. The molecule has 0 aromatic carbocycles. The van der Waals surface area contributed by atoms with Crippen molar-refractivity contribution in [3.05, 3.63) is 28.5 Å². The third-order valence-corrected chi connectivity index (χ3v) is 2.71. The molecule has 0 aliphatic carbocycles. The Morgan fingerprint density at radius 2 is 2.08 bits per heavy atom. The van der Waals surface area contributed by atoms with Crippen molar-refractivity contribution in [3.63, 3.8) is 0 Å². The number of alkyl halides is 3. The Balaban J connectivity index is 2.93. The molecule has 0 aliphatic heterocycles. The molecular weight excluding hydrogens is 199 g/mol. The minimum Gasteiger partial charge on any atom is -0.326 e. The normalized spacial score (nSPS) is 11.7. The van der Waals surface area contributed by atoms with Crippen LogP contribution in [0, 0.1) is 0 Å². The molecule has 0 fully saturated rings. The van der Waals surface area contributed by atoms with Gasteiger partial charge in [0, 0.05) is 11.4 Å². The molecule has 0 atom stereocenters. The SMILES string of the molecule is C=C(CN)c1ccc(C(F)(F)F)s1. The predicted molar refractivity (Wildman–Crippen MR) is 47.4 cm³/mol. The van der Waals surface area contributed by atoms with Gasteiger partial charge >= 0.3 is 6.18 Å². The molecule has 13 heavy (non-hydrogen) atoms. The third-order valence-electron chi connectivity index (χ3n) is 1.48. The number of halogens is 3. The van der Waals surface area contributed by atoms with E-state index in [1.165, 1.54) is 6.07 Å². The van der Waals surface area contributed by atoms with Crippen LogP contribution in [0.3, 0.4) is 0 Å². The standard InChI is InChI=1S/C8H8F3NS/c1-5(4-12)6-2-3-7(13-6)8(9,10)11/h2-3H,1,4,12H2. The van der Waals surface area contributed by atoms with Gasteiger partial charge in [-0.2, -0.15) is 13.2 Å². The first-order valence-corrected chi connectivity index (χ1v) is 4.32. The van der Waals surface area contributed by atoms with Crippen molar-refractivity contribution >= 4 is 16.9 Å². The third kappa shape index (κ3) is 2.32. The van der Waals surface area contributed by atoms with Crippen molar-refractivity contribution in [2.24, 2.45) is 5.73 Å². The van der Waals surface area contributed by atoms with E-state index in [9.17, 15) is 13.2 Å². The number of hydrogen-bond acceptors (Lipinski definition) is 2. The van der Waals surface area contributed by atoms with Crippen LogP contribution in [0.2, 0.25) is 0 Å². The van der Waals surface area contributed by atoms with Gasteiger partial charge in [0.05, 0.1) is 0 Å². The zero-order chi connectivity index (χ0) is 10.1. The summed E-state index contributed by atoms with van der Waals surface area (Å²) in [6, 6.07) is 2.43. The highest BCUT2D eigenvalue weighted by Gasteiger charge is 2.32. The predicted octanol–water partition coefficient (Wildman–Crippen LogP) is 2.74. The lowest BCUT2D eigenvalue weighted by molar-refractivity contribution is -0.134. The van der Waals surface area contributed by atoms with E-state index in [4.69, 9.17) is 5.73 Å². The van der Waals surface area contributed by atoms with E-state index in [-0.39, 0.29) is 6.54 Å². The molecule has 1 nitrogen and oxygen atoms in total. The van der Waals surface area contributed by atoms with Crippen LogP contribution in [-0.4, -0.2) is 6.54 Å². The summed E-state index contributed by atoms with van der Waals surface area (Å²) in [4.78, 5) is -0.119. The van der Waals surface area contributed by atoms with E-state index in [0.717, 1.165) is 6.07 Å². The zero-order valence-corrected chi connectivity index (χ0v) is 7.50. The maximum Gasteiger partial charge on any atom is 0.425 e. The van der Waals surface area contributed by atoms with Crippen molar-refractivity contribution in [2.75, 3.05) is 6.54 Å². The summed E-state index contributed by atoms with van der Waals surface area (Å²) in [7, 11) is 0. The van der Waals surface area contributed by atoms with Gasteiger partial charge in [0.25, 0.3) is 0 Å². The van der Waals surface area contributed by atoms with Gasteiger partial charge in [-0.1, -0.05) is 6.58 Å². The van der Waals surface area contributed by atoms with E-state index in [0.29, 0.717) is 21.8 Å². The molecule has 1 heterocycles. The lowest BCUT2D eigenvalue weighted by Gasteiger charge is -2.01. The van der Waals surface area contributed by atoms with E-state index in [1.54, 1.807) is 0 Å². The van der Waals surface area contributed by atoms with E-state index < -0.39 is 11.1 Å². The summed E-state index contributed by atoms with van der Waals surface area (Å²) in [6.07, 6.45) is -4.27. The second kappa shape index (κ2) is 3.51. The fourth-order valence-corrected chi connectivity index (χ4v) is 1.63. The summed E-state index contributed by atoms with van der Waals surface area (Å²) >= 11 is 0.668. The average Bonchev–Trinajstić information content (AvgIpc) is 2.50. The van der Waals surface area contributed by atoms with Gasteiger partial charge < -0.3 is 5.73 Å². The molecule has 0 radical (unpaired) electrons. The molecule has 2 N–H and O–H groups in total. The van der Waals surface area contributed by atoms with Gasteiger partial charge in [0.2, 0.25) is 0 Å². The molecule has 1 rings (SSSR count). The molecule has 0 spiro atoms. The molecule has 5 heteroatoms. The first kappa shape index (κ1) is 10.3. The van der Waals surface area contributed by atoms with Crippen molar-refractivity contribution in [2.45, 2.75) is 6.18 Å². The Morgan fingerprint density at radius 3 is 2.46 bits per heavy atom. The van der Waals surface area contributed by atoms with Crippen LogP contribution in [0.15, 0.2) is 18.7 Å². The molecule has 0 saturated heterocycles. The van der Waals surface area contributed by atoms with Crippen LogP contribution in [0.4, 0.5) is 13.2 Å². The minimum absolute atomic E-state index is 0.178. The first-order valence-electron chi connectivity index (χ1n) is 3.50. The average molecular weight is 207 g/mol. The molecule has 0 aliphatic rings. The van der Waals surface area contributed by atoms with E-state index in [2.05, 4.69) is 6.58 Å². The van der Waals surface area contributed by atoms with Crippen LogP contribution in [0.25, 0.3) is 5.57 Å². The fourth-order valence-electron chi connectivity index (χ4n) is 0.781. The van der Waals surface area contributed by atoms with E-state index in [1.807, 2.05) is 0 Å². The smallest absolute Gasteiger partial charge is 0.326 e. The van der Waals surface area contributed by atoms with Crippen LogP contribution >= 0.6 is 11.3 Å². The lowest BCUT2D eigenvalue weighted by Crippen LogP contribution is -2.01. The highest BCUT2D eigenvalue weighted by Crippen LogP contribution is 2.36. The summed E-state index contributed by atoms with van der Waals surface area (Å²) in [6.45, 7) is 3.74.